The normalized spacial score (nSPS) is 15.8. The molecule has 1 fully saturated rings. The maximum Gasteiger partial charge on any atom is 0.220 e. The maximum absolute atomic E-state index is 12.1. The lowest BCUT2D eigenvalue weighted by atomic mass is 10.0. The third-order valence-corrected chi connectivity index (χ3v) is 5.28. The van der Waals surface area contributed by atoms with Gasteiger partial charge in [0.2, 0.25) is 5.91 Å². The summed E-state index contributed by atoms with van der Waals surface area (Å²) in [6.45, 7) is 2.75. The lowest BCUT2D eigenvalue weighted by molar-refractivity contribution is -0.122. The molecule has 0 spiro atoms. The SMILES string of the molecule is O=C(CCc1ncccn1)NC1CCN(Cc2ccc(Cl)c(Cl)c2)CC1. The second-order valence-electron chi connectivity index (χ2n) is 6.53. The zero-order chi connectivity index (χ0) is 18.4. The van der Waals surface area contributed by atoms with Crippen molar-refractivity contribution >= 4 is 29.1 Å². The van der Waals surface area contributed by atoms with E-state index in [-0.39, 0.29) is 11.9 Å². The average Bonchev–Trinajstić information content (AvgIpc) is 2.65. The lowest BCUT2D eigenvalue weighted by Gasteiger charge is -2.32. The highest BCUT2D eigenvalue weighted by Gasteiger charge is 2.20. The van der Waals surface area contributed by atoms with Crippen molar-refractivity contribution in [2.45, 2.75) is 38.3 Å². The molecule has 138 valence electrons. The fourth-order valence-corrected chi connectivity index (χ4v) is 3.44. The van der Waals surface area contributed by atoms with Crippen LogP contribution in [0.4, 0.5) is 0 Å². The summed E-state index contributed by atoms with van der Waals surface area (Å²) in [4.78, 5) is 22.8. The summed E-state index contributed by atoms with van der Waals surface area (Å²) in [5.41, 5.74) is 1.16. The average molecular weight is 393 g/mol. The lowest BCUT2D eigenvalue weighted by Crippen LogP contribution is -2.44. The fourth-order valence-electron chi connectivity index (χ4n) is 3.12. The van der Waals surface area contributed by atoms with Crippen molar-refractivity contribution in [2.24, 2.45) is 0 Å². The molecule has 7 heteroatoms. The number of carbonyl (C=O) groups is 1. The number of likely N-dealkylation sites (tertiary alicyclic amines) is 1. The number of benzene rings is 1. The number of nitrogens with zero attached hydrogens (tertiary/aromatic N) is 3. The first-order valence-electron chi connectivity index (χ1n) is 8.81. The van der Waals surface area contributed by atoms with Gasteiger partial charge >= 0.3 is 0 Å². The highest BCUT2D eigenvalue weighted by Crippen LogP contribution is 2.24. The van der Waals surface area contributed by atoms with Crippen molar-refractivity contribution < 1.29 is 4.79 Å². The van der Waals surface area contributed by atoms with Gasteiger partial charge in [0.25, 0.3) is 0 Å². The van der Waals surface area contributed by atoms with Gasteiger partial charge in [-0.15, -0.1) is 0 Å². The highest BCUT2D eigenvalue weighted by atomic mass is 35.5. The number of hydrogen-bond donors (Lipinski definition) is 1. The molecule has 1 saturated heterocycles. The first-order valence-corrected chi connectivity index (χ1v) is 9.57. The van der Waals surface area contributed by atoms with Crippen LogP contribution in [0.25, 0.3) is 0 Å². The Morgan fingerprint density at radius 2 is 1.88 bits per heavy atom. The van der Waals surface area contributed by atoms with Gasteiger partial charge in [-0.2, -0.15) is 0 Å². The molecule has 1 aromatic heterocycles. The van der Waals surface area contributed by atoms with E-state index in [2.05, 4.69) is 20.2 Å². The van der Waals surface area contributed by atoms with Gasteiger partial charge in [0.15, 0.2) is 0 Å². The van der Waals surface area contributed by atoms with Crippen LogP contribution in [-0.2, 0) is 17.8 Å². The van der Waals surface area contributed by atoms with Gasteiger partial charge in [-0.3, -0.25) is 9.69 Å². The predicted molar refractivity (Wildman–Crippen MR) is 103 cm³/mol. The molecule has 3 rings (SSSR count). The van der Waals surface area contributed by atoms with E-state index >= 15 is 0 Å². The minimum Gasteiger partial charge on any atom is -0.353 e. The Kier molecular flexibility index (Phi) is 6.83. The molecular formula is C19H22Cl2N4O. The molecule has 0 aliphatic carbocycles. The third kappa shape index (κ3) is 5.66. The van der Waals surface area contributed by atoms with E-state index in [9.17, 15) is 4.79 Å². The molecule has 0 saturated carbocycles. The maximum atomic E-state index is 12.1. The summed E-state index contributed by atoms with van der Waals surface area (Å²) in [6, 6.07) is 7.78. The molecule has 1 amide bonds. The summed E-state index contributed by atoms with van der Waals surface area (Å²) in [5, 5.41) is 4.30. The Morgan fingerprint density at radius 3 is 2.58 bits per heavy atom. The van der Waals surface area contributed by atoms with Gasteiger partial charge < -0.3 is 5.32 Å². The third-order valence-electron chi connectivity index (χ3n) is 4.54. The first kappa shape index (κ1) is 19.1. The number of nitrogens with one attached hydrogen (secondary N) is 1. The summed E-state index contributed by atoms with van der Waals surface area (Å²) in [5.74, 6) is 0.777. The van der Waals surface area contributed by atoms with Crippen molar-refractivity contribution in [1.29, 1.82) is 0 Å². The number of rotatable bonds is 6. The zero-order valence-corrected chi connectivity index (χ0v) is 16.0. The molecule has 1 aliphatic heterocycles. The second kappa shape index (κ2) is 9.31. The van der Waals surface area contributed by atoms with Crippen molar-refractivity contribution in [1.82, 2.24) is 20.2 Å². The number of carbonyl (C=O) groups excluding carboxylic acids is 1. The molecule has 26 heavy (non-hydrogen) atoms. The van der Waals surface area contributed by atoms with Crippen LogP contribution >= 0.6 is 23.2 Å². The van der Waals surface area contributed by atoms with E-state index in [1.807, 2.05) is 18.2 Å². The van der Waals surface area contributed by atoms with Crippen LogP contribution in [0.3, 0.4) is 0 Å². The number of aryl methyl sites for hydroxylation is 1. The number of piperidine rings is 1. The van der Waals surface area contributed by atoms with Crippen LogP contribution in [0.15, 0.2) is 36.7 Å². The Labute approximate surface area is 163 Å². The van der Waals surface area contributed by atoms with Crippen LogP contribution in [-0.4, -0.2) is 39.9 Å². The molecule has 2 heterocycles. The van der Waals surface area contributed by atoms with Gasteiger partial charge in [0.1, 0.15) is 5.82 Å². The van der Waals surface area contributed by atoms with E-state index < -0.39 is 0 Å². The molecule has 0 radical (unpaired) electrons. The first-order chi connectivity index (χ1) is 12.6. The molecular weight excluding hydrogens is 371 g/mol. The monoisotopic (exact) mass is 392 g/mol. The summed E-state index contributed by atoms with van der Waals surface area (Å²) < 4.78 is 0. The molecule has 1 aromatic carbocycles. The standard InChI is InChI=1S/C19H22Cl2N4O/c20-16-3-2-14(12-17(16)21)13-25-10-6-15(7-11-25)24-19(26)5-4-18-22-8-1-9-23-18/h1-3,8-9,12,15H,4-7,10-11,13H2,(H,24,26). The van der Waals surface area contributed by atoms with E-state index in [4.69, 9.17) is 23.2 Å². The quantitative estimate of drug-likeness (QED) is 0.816. The van der Waals surface area contributed by atoms with Crippen molar-refractivity contribution in [3.8, 4) is 0 Å². The fraction of sp³-hybridized carbons (Fsp3) is 0.421. The Hall–Kier alpha value is -1.69. The molecule has 1 aliphatic rings. The van der Waals surface area contributed by atoms with Crippen LogP contribution in [0.2, 0.25) is 10.0 Å². The zero-order valence-electron chi connectivity index (χ0n) is 14.5. The van der Waals surface area contributed by atoms with Gasteiger partial charge in [0, 0.05) is 50.9 Å². The van der Waals surface area contributed by atoms with Gasteiger partial charge in [-0.05, 0) is 36.6 Å². The van der Waals surface area contributed by atoms with Crippen LogP contribution in [0, 0.1) is 0 Å². The van der Waals surface area contributed by atoms with E-state index in [0.717, 1.165) is 38.0 Å². The van der Waals surface area contributed by atoms with E-state index in [1.165, 1.54) is 0 Å². The predicted octanol–water partition coefficient (Wildman–Crippen LogP) is 3.50. The highest BCUT2D eigenvalue weighted by molar-refractivity contribution is 6.42. The minimum absolute atomic E-state index is 0.0698. The largest absolute Gasteiger partial charge is 0.353 e. The van der Waals surface area contributed by atoms with Gasteiger partial charge in [-0.1, -0.05) is 29.3 Å². The van der Waals surface area contributed by atoms with Crippen molar-refractivity contribution in [3.05, 3.63) is 58.1 Å². The molecule has 0 bridgehead atoms. The van der Waals surface area contributed by atoms with E-state index in [0.29, 0.717) is 28.7 Å². The van der Waals surface area contributed by atoms with Crippen molar-refractivity contribution in [2.75, 3.05) is 13.1 Å². The number of halogens is 2. The summed E-state index contributed by atoms with van der Waals surface area (Å²) >= 11 is 12.0. The van der Waals surface area contributed by atoms with Crippen molar-refractivity contribution in [3.63, 3.8) is 0 Å². The van der Waals surface area contributed by atoms with Crippen LogP contribution in [0.1, 0.15) is 30.7 Å². The summed E-state index contributed by atoms with van der Waals surface area (Å²) in [7, 11) is 0. The smallest absolute Gasteiger partial charge is 0.220 e. The molecule has 5 nitrogen and oxygen atoms in total. The summed E-state index contributed by atoms with van der Waals surface area (Å²) in [6.07, 6.45) is 6.30. The molecule has 0 atom stereocenters. The number of aromatic nitrogens is 2. The molecule has 1 N–H and O–H groups in total. The number of hydrogen-bond acceptors (Lipinski definition) is 4. The minimum atomic E-state index is 0.0698. The van der Waals surface area contributed by atoms with E-state index in [1.54, 1.807) is 18.5 Å². The van der Waals surface area contributed by atoms with Gasteiger partial charge in [-0.25, -0.2) is 9.97 Å². The van der Waals surface area contributed by atoms with Gasteiger partial charge in [0.05, 0.1) is 10.0 Å². The van der Waals surface area contributed by atoms with Crippen LogP contribution in [0.5, 0.6) is 0 Å². The second-order valence-corrected chi connectivity index (χ2v) is 7.35. The molecule has 0 unspecified atom stereocenters. The Balaban J connectivity index is 1.39. The Bertz CT molecular complexity index is 734. The molecule has 2 aromatic rings. The van der Waals surface area contributed by atoms with Crippen LogP contribution < -0.4 is 5.32 Å². The Morgan fingerprint density at radius 1 is 1.15 bits per heavy atom. The number of amides is 1. The topological polar surface area (TPSA) is 58.1 Å².